The normalized spacial score (nSPS) is 15.3. The van der Waals surface area contributed by atoms with Crippen molar-refractivity contribution >= 4 is 44.8 Å². The molecule has 2 N–H and O–H groups in total. The molecular formula is C42H43N5O7S2. The molecule has 2 heterocycles. The van der Waals surface area contributed by atoms with Crippen LogP contribution in [-0.4, -0.2) is 76.3 Å². The van der Waals surface area contributed by atoms with E-state index in [0.717, 1.165) is 83.9 Å². The first-order chi connectivity index (χ1) is 27.1. The molecule has 14 heteroatoms. The van der Waals surface area contributed by atoms with Gasteiger partial charge in [-0.2, -0.15) is 0 Å². The van der Waals surface area contributed by atoms with Gasteiger partial charge in [0.1, 0.15) is 17.2 Å². The van der Waals surface area contributed by atoms with Crippen molar-refractivity contribution in [3.05, 3.63) is 136 Å². The molecular weight excluding hydrogens is 751 g/mol. The summed E-state index contributed by atoms with van der Waals surface area (Å²) < 4.78 is 39.9. The van der Waals surface area contributed by atoms with Gasteiger partial charge in [-0.05, 0) is 84.1 Å². The Hall–Kier alpha value is -5.57. The first-order valence-corrected chi connectivity index (χ1v) is 20.8. The largest absolute Gasteiger partial charge is 0.497 e. The minimum Gasteiger partial charge on any atom is -0.497 e. The van der Waals surface area contributed by atoms with Crippen molar-refractivity contribution in [2.75, 3.05) is 56.4 Å². The van der Waals surface area contributed by atoms with Crippen LogP contribution < -0.4 is 24.4 Å². The van der Waals surface area contributed by atoms with Crippen molar-refractivity contribution in [1.29, 1.82) is 0 Å². The van der Waals surface area contributed by atoms with Crippen molar-refractivity contribution < 1.29 is 27.6 Å². The van der Waals surface area contributed by atoms with Gasteiger partial charge in [-0.15, -0.1) is 11.8 Å². The fraction of sp³-hybridized carbons (Fsp3) is 0.262. The van der Waals surface area contributed by atoms with E-state index in [9.17, 15) is 23.3 Å². The Kier molecular flexibility index (Phi) is 11.8. The number of nitro groups is 1. The van der Waals surface area contributed by atoms with Crippen molar-refractivity contribution in [1.82, 2.24) is 9.62 Å². The van der Waals surface area contributed by atoms with Crippen LogP contribution in [0, 0.1) is 10.1 Å². The highest BCUT2D eigenvalue weighted by Gasteiger charge is 2.33. The van der Waals surface area contributed by atoms with Crippen LogP contribution in [0.15, 0.2) is 119 Å². The molecule has 5 aromatic rings. The average molecular weight is 794 g/mol. The van der Waals surface area contributed by atoms with Crippen LogP contribution in [0.4, 0.5) is 17.1 Å². The number of carbonyl (C=O) groups is 1. The van der Waals surface area contributed by atoms with Crippen molar-refractivity contribution in [3.63, 3.8) is 0 Å². The Morgan fingerprint density at radius 1 is 0.911 bits per heavy atom. The third-order valence-electron chi connectivity index (χ3n) is 10.2. The number of piperazine rings is 1. The summed E-state index contributed by atoms with van der Waals surface area (Å²) in [7, 11) is -1.10. The highest BCUT2D eigenvalue weighted by molar-refractivity contribution is 7.99. The maximum Gasteiger partial charge on any atom is 0.293 e. The summed E-state index contributed by atoms with van der Waals surface area (Å²) in [6.45, 7) is 3.74. The standard InChI is InChI=1S/C42H43N5O7S2/c1-53-33-15-17-37(41(25-33)54-2)36-11-7-6-8-31(36)27-45-21-22-46-32(28-45)14-12-29-24-30(13-19-39(29)46)42(48)44-56(51,52)35-16-18-38(40(26-35)47(49)50)43-20-23-55-34-9-4-3-5-10-34/h3-11,13,15-19,24-26,32,43H,12,14,20-23,27-28H2,1-2H3,(H,44,48)/t32-/m0/s1. The lowest BCUT2D eigenvalue weighted by atomic mass is 9.92. The minimum absolute atomic E-state index is 0.196. The zero-order valence-corrected chi connectivity index (χ0v) is 32.8. The third kappa shape index (κ3) is 8.62. The van der Waals surface area contributed by atoms with Crippen LogP contribution in [0.25, 0.3) is 11.1 Å². The number of nitrogens with one attached hydrogen (secondary N) is 2. The van der Waals surface area contributed by atoms with Crippen molar-refractivity contribution in [3.8, 4) is 22.6 Å². The van der Waals surface area contributed by atoms with Crippen LogP contribution in [0.3, 0.4) is 0 Å². The van der Waals surface area contributed by atoms with E-state index in [0.29, 0.717) is 12.3 Å². The number of nitro benzene ring substituents is 1. The topological polar surface area (TPSA) is 143 Å². The van der Waals surface area contributed by atoms with E-state index in [1.165, 1.54) is 17.7 Å². The number of hydrogen-bond donors (Lipinski definition) is 2. The molecule has 1 saturated heterocycles. The molecule has 7 rings (SSSR count). The summed E-state index contributed by atoms with van der Waals surface area (Å²) in [5.41, 5.74) is 5.38. The van der Waals surface area contributed by atoms with Gasteiger partial charge in [-0.1, -0.05) is 42.5 Å². The Morgan fingerprint density at radius 3 is 2.50 bits per heavy atom. The van der Waals surface area contributed by atoms with E-state index in [1.807, 2.05) is 60.7 Å². The molecule has 0 unspecified atom stereocenters. The van der Waals surface area contributed by atoms with E-state index in [-0.39, 0.29) is 22.2 Å². The third-order valence-corrected chi connectivity index (χ3v) is 12.6. The second-order valence-electron chi connectivity index (χ2n) is 13.6. The molecule has 12 nitrogen and oxygen atoms in total. The van der Waals surface area contributed by atoms with Gasteiger partial charge in [0.2, 0.25) is 0 Å². The van der Waals surface area contributed by atoms with Crippen LogP contribution in [0.5, 0.6) is 11.5 Å². The second-order valence-corrected chi connectivity index (χ2v) is 16.5. The maximum absolute atomic E-state index is 13.3. The number of hydrogen-bond acceptors (Lipinski definition) is 11. The van der Waals surface area contributed by atoms with Gasteiger partial charge in [0.25, 0.3) is 21.6 Å². The molecule has 2 aliphatic rings. The van der Waals surface area contributed by atoms with Gasteiger partial charge in [-0.3, -0.25) is 19.8 Å². The fourth-order valence-electron chi connectivity index (χ4n) is 7.43. The molecule has 0 spiro atoms. The maximum atomic E-state index is 13.3. The van der Waals surface area contributed by atoms with E-state index >= 15 is 0 Å². The molecule has 1 atom stereocenters. The van der Waals surface area contributed by atoms with Crippen LogP contribution in [-0.2, 0) is 23.0 Å². The van der Waals surface area contributed by atoms with Gasteiger partial charge in [-0.25, -0.2) is 13.1 Å². The number of fused-ring (bicyclic) bond motifs is 3. The van der Waals surface area contributed by atoms with E-state index in [1.54, 1.807) is 38.1 Å². The van der Waals surface area contributed by atoms with Gasteiger partial charge >= 0.3 is 0 Å². The number of benzene rings is 5. The summed E-state index contributed by atoms with van der Waals surface area (Å²) in [6, 6.07) is 33.2. The lowest BCUT2D eigenvalue weighted by Gasteiger charge is -2.46. The number of amides is 1. The lowest BCUT2D eigenvalue weighted by Crippen LogP contribution is -2.54. The Morgan fingerprint density at radius 2 is 1.71 bits per heavy atom. The zero-order valence-electron chi connectivity index (χ0n) is 31.1. The molecule has 0 saturated carbocycles. The molecule has 290 valence electrons. The highest BCUT2D eigenvalue weighted by atomic mass is 32.2. The number of aryl methyl sites for hydroxylation is 1. The monoisotopic (exact) mass is 793 g/mol. The van der Waals surface area contributed by atoms with E-state index in [2.05, 4.69) is 38.0 Å². The summed E-state index contributed by atoms with van der Waals surface area (Å²) in [5.74, 6) is 1.34. The first-order valence-electron chi connectivity index (χ1n) is 18.3. The fourth-order valence-corrected chi connectivity index (χ4v) is 9.21. The van der Waals surface area contributed by atoms with Gasteiger partial charge in [0.05, 0.1) is 24.0 Å². The highest BCUT2D eigenvalue weighted by Crippen LogP contribution is 2.38. The van der Waals surface area contributed by atoms with Gasteiger partial charge in [0, 0.05) is 78.4 Å². The number of nitrogens with zero attached hydrogens (tertiary/aromatic N) is 3. The molecule has 0 bridgehead atoms. The molecule has 56 heavy (non-hydrogen) atoms. The quantitative estimate of drug-likeness (QED) is 0.0509. The van der Waals surface area contributed by atoms with Gasteiger partial charge in [0.15, 0.2) is 0 Å². The van der Waals surface area contributed by atoms with E-state index in [4.69, 9.17) is 9.47 Å². The molecule has 5 aromatic carbocycles. The number of rotatable bonds is 14. The predicted octanol–water partition coefficient (Wildman–Crippen LogP) is 7.24. The Bertz CT molecular complexity index is 2340. The first kappa shape index (κ1) is 38.7. The van der Waals surface area contributed by atoms with Crippen molar-refractivity contribution in [2.24, 2.45) is 0 Å². The molecule has 1 fully saturated rings. The number of methoxy groups -OCH3 is 2. The Balaban J connectivity index is 0.984. The lowest BCUT2D eigenvalue weighted by molar-refractivity contribution is -0.384. The number of ether oxygens (including phenoxy) is 2. The zero-order chi connectivity index (χ0) is 39.2. The molecule has 0 radical (unpaired) electrons. The van der Waals surface area contributed by atoms with Crippen LogP contribution in [0.2, 0.25) is 0 Å². The number of thioether (sulfide) groups is 1. The minimum atomic E-state index is -4.41. The smallest absolute Gasteiger partial charge is 0.293 e. The van der Waals surface area contributed by atoms with Crippen molar-refractivity contribution in [2.45, 2.75) is 35.2 Å². The molecule has 0 aromatic heterocycles. The summed E-state index contributed by atoms with van der Waals surface area (Å²) in [4.78, 5) is 30.2. The van der Waals surface area contributed by atoms with Gasteiger partial charge < -0.3 is 19.7 Å². The van der Waals surface area contributed by atoms with Crippen LogP contribution in [0.1, 0.15) is 27.9 Å². The van der Waals surface area contributed by atoms with Crippen LogP contribution >= 0.6 is 11.8 Å². The second kappa shape index (κ2) is 17.1. The number of sulfonamides is 1. The summed E-state index contributed by atoms with van der Waals surface area (Å²) >= 11 is 1.60. The molecule has 2 aliphatic heterocycles. The summed E-state index contributed by atoms with van der Waals surface area (Å²) in [6.07, 6.45) is 1.62. The average Bonchev–Trinajstić information content (AvgIpc) is 3.22. The molecule has 1 amide bonds. The number of anilines is 2. The number of carbonyl (C=O) groups excluding carboxylic acids is 1. The SMILES string of the molecule is COc1ccc(-c2ccccc2CN2CCN3c4ccc(C(=O)NS(=O)(=O)c5ccc(NCCSc6ccccc6)c([N+](=O)[O-])c5)cc4CC[C@H]3C2)c(OC)c1. The van der Waals surface area contributed by atoms with E-state index < -0.39 is 26.5 Å². The Labute approximate surface area is 331 Å². The molecule has 0 aliphatic carbocycles. The predicted molar refractivity (Wildman–Crippen MR) is 220 cm³/mol. The summed E-state index contributed by atoms with van der Waals surface area (Å²) in [5, 5.41) is 14.9.